The number of carbonyl (C=O) groups is 1. The maximum Gasteiger partial charge on any atom is 0.345 e. The van der Waals surface area contributed by atoms with Gasteiger partial charge in [-0.1, -0.05) is 0 Å². The van der Waals surface area contributed by atoms with E-state index in [2.05, 4.69) is 4.74 Å². The minimum Gasteiger partial charge on any atom is -0.320 e. The van der Waals surface area contributed by atoms with Crippen LogP contribution in [0.2, 0.25) is 0 Å². The van der Waals surface area contributed by atoms with Crippen molar-refractivity contribution in [2.24, 2.45) is 11.8 Å². The Morgan fingerprint density at radius 1 is 1.58 bits per heavy atom. The zero-order valence-corrected chi connectivity index (χ0v) is 6.30. The molecule has 1 fully saturated rings. The van der Waals surface area contributed by atoms with Crippen molar-refractivity contribution < 1.29 is 18.3 Å². The number of ether oxygens (including phenoxy) is 1. The number of hydrogen-bond donors (Lipinski definition) is 2. The highest BCUT2D eigenvalue weighted by Crippen LogP contribution is 2.31. The SMILES string of the molecule is NNC(=O)C1CC(OC(F)F)C1. The van der Waals surface area contributed by atoms with Crippen molar-refractivity contribution in [3.63, 3.8) is 0 Å². The fraction of sp³-hybridized carbons (Fsp3) is 0.833. The van der Waals surface area contributed by atoms with E-state index in [1.54, 1.807) is 0 Å². The van der Waals surface area contributed by atoms with Crippen molar-refractivity contribution >= 4 is 5.91 Å². The van der Waals surface area contributed by atoms with Gasteiger partial charge in [0.25, 0.3) is 0 Å². The van der Waals surface area contributed by atoms with Gasteiger partial charge in [0.05, 0.1) is 6.10 Å². The molecule has 12 heavy (non-hydrogen) atoms. The molecule has 0 spiro atoms. The molecule has 0 aliphatic heterocycles. The Morgan fingerprint density at radius 3 is 2.58 bits per heavy atom. The number of alkyl halides is 2. The zero-order valence-electron chi connectivity index (χ0n) is 6.30. The first kappa shape index (κ1) is 9.34. The smallest absolute Gasteiger partial charge is 0.320 e. The zero-order chi connectivity index (χ0) is 9.14. The van der Waals surface area contributed by atoms with Crippen LogP contribution in [-0.4, -0.2) is 18.6 Å². The van der Waals surface area contributed by atoms with E-state index in [1.807, 2.05) is 5.43 Å². The van der Waals surface area contributed by atoms with Crippen LogP contribution in [0.5, 0.6) is 0 Å². The van der Waals surface area contributed by atoms with Crippen LogP contribution < -0.4 is 11.3 Å². The Balaban J connectivity index is 2.15. The third-order valence-electron chi connectivity index (χ3n) is 1.90. The number of rotatable bonds is 3. The predicted molar refractivity (Wildman–Crippen MR) is 35.9 cm³/mol. The molecule has 1 amide bonds. The average Bonchev–Trinajstić information content (AvgIpc) is 1.94. The lowest BCUT2D eigenvalue weighted by Gasteiger charge is -2.32. The molecular formula is C6H10F2N2O2. The number of nitrogens with one attached hydrogen (secondary N) is 1. The van der Waals surface area contributed by atoms with Gasteiger partial charge in [-0.3, -0.25) is 10.2 Å². The molecule has 0 aromatic heterocycles. The highest BCUT2D eigenvalue weighted by molar-refractivity contribution is 5.78. The summed E-state index contributed by atoms with van der Waals surface area (Å²) in [5.74, 6) is 4.26. The largest absolute Gasteiger partial charge is 0.345 e. The van der Waals surface area contributed by atoms with E-state index in [0.29, 0.717) is 12.8 Å². The molecule has 1 aliphatic rings. The molecule has 0 unspecified atom stereocenters. The van der Waals surface area contributed by atoms with Crippen molar-refractivity contribution in [3.05, 3.63) is 0 Å². The first-order chi connectivity index (χ1) is 5.63. The van der Waals surface area contributed by atoms with Gasteiger partial charge >= 0.3 is 6.61 Å². The second kappa shape index (κ2) is 3.77. The summed E-state index contributed by atoms with van der Waals surface area (Å²) in [5, 5.41) is 0. The molecule has 1 aliphatic carbocycles. The van der Waals surface area contributed by atoms with E-state index in [-0.39, 0.29) is 11.8 Å². The number of hydrazine groups is 1. The average molecular weight is 180 g/mol. The summed E-state index contributed by atoms with van der Waals surface area (Å²) in [6.07, 6.45) is 0.160. The molecule has 1 saturated carbocycles. The van der Waals surface area contributed by atoms with Gasteiger partial charge in [-0.15, -0.1) is 0 Å². The van der Waals surface area contributed by atoms with Gasteiger partial charge in [-0.2, -0.15) is 8.78 Å². The van der Waals surface area contributed by atoms with Crippen LogP contribution in [0.1, 0.15) is 12.8 Å². The first-order valence-corrected chi connectivity index (χ1v) is 3.57. The Labute approximate surface area is 68.0 Å². The molecule has 0 radical (unpaired) electrons. The summed E-state index contributed by atoms with van der Waals surface area (Å²) >= 11 is 0. The van der Waals surface area contributed by atoms with E-state index in [9.17, 15) is 13.6 Å². The Bertz CT molecular complexity index is 171. The molecule has 0 aromatic rings. The quantitative estimate of drug-likeness (QED) is 0.365. The van der Waals surface area contributed by atoms with Gasteiger partial charge in [-0.25, -0.2) is 5.84 Å². The minimum atomic E-state index is -2.75. The third-order valence-corrected chi connectivity index (χ3v) is 1.90. The second-order valence-electron chi connectivity index (χ2n) is 2.70. The molecule has 0 saturated heterocycles. The Hall–Kier alpha value is -0.750. The topological polar surface area (TPSA) is 64.3 Å². The normalized spacial score (nSPS) is 28.3. The van der Waals surface area contributed by atoms with Crippen LogP contribution in [0.3, 0.4) is 0 Å². The molecule has 4 nitrogen and oxygen atoms in total. The van der Waals surface area contributed by atoms with Gasteiger partial charge in [-0.05, 0) is 12.8 Å². The molecule has 1 rings (SSSR count). The van der Waals surface area contributed by atoms with Crippen LogP contribution in [0.25, 0.3) is 0 Å². The van der Waals surface area contributed by atoms with Crippen LogP contribution in [0.15, 0.2) is 0 Å². The monoisotopic (exact) mass is 180 g/mol. The Kier molecular flexibility index (Phi) is 2.93. The fourth-order valence-corrected chi connectivity index (χ4v) is 1.15. The van der Waals surface area contributed by atoms with Gasteiger partial charge in [0.1, 0.15) is 0 Å². The molecule has 70 valence electrons. The molecular weight excluding hydrogens is 170 g/mol. The van der Waals surface area contributed by atoms with Crippen molar-refractivity contribution in [1.82, 2.24) is 5.43 Å². The highest BCUT2D eigenvalue weighted by atomic mass is 19.3. The van der Waals surface area contributed by atoms with E-state index >= 15 is 0 Å². The molecule has 3 N–H and O–H groups in total. The van der Waals surface area contributed by atoms with Crippen LogP contribution in [0, 0.1) is 5.92 Å². The summed E-state index contributed by atoms with van der Waals surface area (Å²) in [5.41, 5.74) is 1.96. The first-order valence-electron chi connectivity index (χ1n) is 3.57. The van der Waals surface area contributed by atoms with Crippen molar-refractivity contribution in [1.29, 1.82) is 0 Å². The van der Waals surface area contributed by atoms with Gasteiger partial charge in [0, 0.05) is 5.92 Å². The van der Waals surface area contributed by atoms with E-state index in [0.717, 1.165) is 0 Å². The van der Waals surface area contributed by atoms with E-state index in [4.69, 9.17) is 5.84 Å². The molecule has 0 bridgehead atoms. The van der Waals surface area contributed by atoms with E-state index < -0.39 is 12.7 Å². The van der Waals surface area contributed by atoms with Crippen molar-refractivity contribution in [2.45, 2.75) is 25.6 Å². The standard InChI is InChI=1S/C6H10F2N2O2/c7-6(8)12-4-1-3(2-4)5(11)10-9/h3-4,6H,1-2,9H2,(H,10,11). The Morgan fingerprint density at radius 2 is 2.17 bits per heavy atom. The lowest BCUT2D eigenvalue weighted by atomic mass is 9.82. The molecule has 0 atom stereocenters. The summed E-state index contributed by atoms with van der Waals surface area (Å²) in [6.45, 7) is -2.75. The van der Waals surface area contributed by atoms with Gasteiger partial charge < -0.3 is 4.74 Å². The highest BCUT2D eigenvalue weighted by Gasteiger charge is 2.36. The number of amides is 1. The van der Waals surface area contributed by atoms with Crippen molar-refractivity contribution in [3.8, 4) is 0 Å². The summed E-state index contributed by atoms with van der Waals surface area (Å²) in [6, 6.07) is 0. The second-order valence-corrected chi connectivity index (χ2v) is 2.70. The molecule has 6 heteroatoms. The third kappa shape index (κ3) is 2.12. The maximum absolute atomic E-state index is 11.6. The van der Waals surface area contributed by atoms with Crippen molar-refractivity contribution in [2.75, 3.05) is 0 Å². The minimum absolute atomic E-state index is 0.265. The summed E-state index contributed by atoms with van der Waals surface area (Å²) < 4.78 is 27.3. The number of nitrogens with two attached hydrogens (primary N) is 1. The van der Waals surface area contributed by atoms with Gasteiger partial charge in [0.2, 0.25) is 5.91 Å². The van der Waals surface area contributed by atoms with Gasteiger partial charge in [0.15, 0.2) is 0 Å². The van der Waals surface area contributed by atoms with Crippen LogP contribution >= 0.6 is 0 Å². The lowest BCUT2D eigenvalue weighted by molar-refractivity contribution is -0.192. The number of halogens is 2. The number of hydrogen-bond acceptors (Lipinski definition) is 3. The fourth-order valence-electron chi connectivity index (χ4n) is 1.15. The summed E-state index contributed by atoms with van der Waals surface area (Å²) in [4.78, 5) is 10.7. The predicted octanol–water partition coefficient (Wildman–Crippen LogP) is -0.00590. The number of carbonyl (C=O) groups excluding carboxylic acids is 1. The maximum atomic E-state index is 11.6. The lowest BCUT2D eigenvalue weighted by Crippen LogP contribution is -2.45. The molecule has 0 heterocycles. The molecule has 0 aromatic carbocycles. The van der Waals surface area contributed by atoms with Crippen LogP contribution in [0.4, 0.5) is 8.78 Å². The summed E-state index contributed by atoms with van der Waals surface area (Å²) in [7, 11) is 0. The van der Waals surface area contributed by atoms with E-state index in [1.165, 1.54) is 0 Å². The van der Waals surface area contributed by atoms with Crippen LogP contribution in [-0.2, 0) is 9.53 Å².